The van der Waals surface area contributed by atoms with Gasteiger partial charge in [-0.05, 0) is 184 Å². The van der Waals surface area contributed by atoms with Gasteiger partial charge >= 0.3 is 5.97 Å². The van der Waals surface area contributed by atoms with Gasteiger partial charge in [-0.2, -0.15) is 10.2 Å². The molecule has 0 amide bonds. The monoisotopic (exact) mass is 924 g/mol. The first-order valence-electron chi connectivity index (χ1n) is 26.2. The molecule has 0 spiro atoms. The molecule has 4 aromatic rings. The fourth-order valence-electron chi connectivity index (χ4n) is 12.9. The van der Waals surface area contributed by atoms with Crippen LogP contribution < -0.4 is 9.47 Å². The van der Waals surface area contributed by atoms with Crippen molar-refractivity contribution >= 4 is 23.1 Å². The summed E-state index contributed by atoms with van der Waals surface area (Å²) in [5.41, 5.74) is 5.71. The molecule has 10 nitrogen and oxygen atoms in total. The molecule has 1 heterocycles. The third-order valence-electron chi connectivity index (χ3n) is 16.8. The van der Waals surface area contributed by atoms with E-state index in [0.29, 0.717) is 41.2 Å². The Balaban J connectivity index is 0.697. The smallest absolute Gasteiger partial charge is 0.338 e. The number of esters is 1. The summed E-state index contributed by atoms with van der Waals surface area (Å²) in [5.74, 6) is 6.22. The molecule has 0 N–H and O–H groups in total. The molecular formula is C58H77N5O5. The topological polar surface area (TPSA) is 117 Å². The Bertz CT molecular complexity index is 2340. The number of rotatable bonds is 22. The number of allylic oxidation sites excluding steroid dienone is 1. The number of hydrogen-bond donors (Lipinski definition) is 0. The number of hydrogen-bond acceptors (Lipinski definition) is 9. The molecule has 0 radical (unpaired) electrons. The van der Waals surface area contributed by atoms with E-state index >= 15 is 0 Å². The molecule has 4 aliphatic carbocycles. The molecule has 8 rings (SSSR count). The van der Waals surface area contributed by atoms with E-state index in [9.17, 15) is 9.59 Å². The van der Waals surface area contributed by atoms with Crippen LogP contribution in [0.1, 0.15) is 171 Å². The zero-order chi connectivity index (χ0) is 47.7. The minimum Gasteiger partial charge on any atom is -0.494 e. The van der Waals surface area contributed by atoms with E-state index in [-0.39, 0.29) is 23.3 Å². The van der Waals surface area contributed by atoms with E-state index in [4.69, 9.17) is 14.2 Å². The fourth-order valence-corrected chi connectivity index (χ4v) is 12.9. The van der Waals surface area contributed by atoms with Crippen molar-refractivity contribution in [3.8, 4) is 11.5 Å². The van der Waals surface area contributed by atoms with Crippen LogP contribution in [0, 0.1) is 46.3 Å². The Labute approximate surface area is 406 Å². The molecular weight excluding hydrogens is 847 g/mol. The number of carbonyl (C=O) groups excluding carboxylic acids is 2. The Morgan fingerprint density at radius 3 is 2.16 bits per heavy atom. The van der Waals surface area contributed by atoms with Crippen molar-refractivity contribution in [3.63, 3.8) is 0 Å². The van der Waals surface area contributed by atoms with Crippen molar-refractivity contribution in [2.45, 2.75) is 164 Å². The Kier molecular flexibility index (Phi) is 16.3. The molecule has 3 aromatic carbocycles. The molecule has 4 aliphatic rings. The predicted molar refractivity (Wildman–Crippen MR) is 269 cm³/mol. The summed E-state index contributed by atoms with van der Waals surface area (Å²) in [5, 5.41) is 17.2. The molecule has 3 saturated carbocycles. The van der Waals surface area contributed by atoms with E-state index in [2.05, 4.69) is 61.2 Å². The van der Waals surface area contributed by atoms with Crippen LogP contribution in [0.2, 0.25) is 0 Å². The van der Waals surface area contributed by atoms with Gasteiger partial charge in [0.05, 0.1) is 29.7 Å². The van der Waals surface area contributed by atoms with Crippen LogP contribution in [0.3, 0.4) is 0 Å². The fraction of sp³-hybridized carbons (Fsp3) is 0.586. The van der Waals surface area contributed by atoms with E-state index < -0.39 is 0 Å². The third kappa shape index (κ3) is 12.0. The number of Topliss-reactive ketones (excluding diaryl/α,β-unsaturated/α-hetero) is 1. The minimum absolute atomic E-state index is 0.0295. The van der Waals surface area contributed by atoms with Gasteiger partial charge in [0.2, 0.25) is 0 Å². The zero-order valence-electron chi connectivity index (χ0n) is 41.8. The lowest BCUT2D eigenvalue weighted by molar-refractivity contribution is -0.0594. The number of unbranched alkanes of at least 4 members (excludes halogenated alkanes) is 4. The lowest BCUT2D eigenvalue weighted by Crippen LogP contribution is -2.51. The first-order valence-corrected chi connectivity index (χ1v) is 26.2. The zero-order valence-corrected chi connectivity index (χ0v) is 41.8. The number of fused-ring (bicyclic) bond motifs is 5. The predicted octanol–water partition coefficient (Wildman–Crippen LogP) is 15.1. The summed E-state index contributed by atoms with van der Waals surface area (Å²) in [4.78, 5) is 24.9. The quantitative estimate of drug-likeness (QED) is 0.0253. The first-order chi connectivity index (χ1) is 32.9. The van der Waals surface area contributed by atoms with E-state index in [1.165, 1.54) is 51.4 Å². The molecule has 0 aliphatic heterocycles. The Morgan fingerprint density at radius 2 is 1.43 bits per heavy atom. The minimum atomic E-state index is -0.248. The SMILES string of the molecule is CC(=O)c1ccc(N=Nc2ccc(OCCCCCCCn3cc(COc4ccc(C(=O)OC5CC[C@@]6(C)C(=CC[C@H]7[C@@H]8CC[C@H]([C@H](C)CCCC(C)C)[C@@]8(C)CC[C@@H]76)C5)cc4)nn3)cc2)cc1. The number of benzene rings is 3. The van der Waals surface area contributed by atoms with Crippen molar-refractivity contribution in [2.75, 3.05) is 6.61 Å². The van der Waals surface area contributed by atoms with Gasteiger partial charge in [-0.1, -0.05) is 90.0 Å². The molecule has 68 heavy (non-hydrogen) atoms. The lowest BCUT2D eigenvalue weighted by atomic mass is 9.47. The highest BCUT2D eigenvalue weighted by molar-refractivity contribution is 5.94. The van der Waals surface area contributed by atoms with Crippen molar-refractivity contribution in [3.05, 3.63) is 107 Å². The third-order valence-corrected chi connectivity index (χ3v) is 16.8. The number of carbonyl (C=O) groups is 2. The highest BCUT2D eigenvalue weighted by Gasteiger charge is 2.59. The summed E-state index contributed by atoms with van der Waals surface area (Å²) < 4.78 is 20.0. The van der Waals surface area contributed by atoms with Gasteiger partial charge in [0.1, 0.15) is 29.9 Å². The second-order valence-electron chi connectivity index (χ2n) is 21.8. The van der Waals surface area contributed by atoms with Crippen LogP contribution >= 0.6 is 0 Å². The molecule has 8 atom stereocenters. The average molecular weight is 924 g/mol. The van der Waals surface area contributed by atoms with Gasteiger partial charge in [0, 0.05) is 18.5 Å². The van der Waals surface area contributed by atoms with Crippen molar-refractivity contribution in [2.24, 2.45) is 56.6 Å². The molecule has 1 unspecified atom stereocenters. The van der Waals surface area contributed by atoms with Crippen LogP contribution in [-0.4, -0.2) is 39.5 Å². The molecule has 1 aromatic heterocycles. The van der Waals surface area contributed by atoms with Gasteiger partial charge in [-0.3, -0.25) is 9.48 Å². The van der Waals surface area contributed by atoms with Crippen LogP contribution in [-0.2, 0) is 17.9 Å². The number of nitrogens with zero attached hydrogens (tertiary/aromatic N) is 5. The van der Waals surface area contributed by atoms with Gasteiger partial charge in [0.15, 0.2) is 5.78 Å². The summed E-state index contributed by atoms with van der Waals surface area (Å²) in [6, 6.07) is 22.0. The lowest BCUT2D eigenvalue weighted by Gasteiger charge is -2.58. The molecule has 0 saturated heterocycles. The summed E-state index contributed by atoms with van der Waals surface area (Å²) in [6.07, 6.45) is 23.7. The average Bonchev–Trinajstić information content (AvgIpc) is 3.95. The van der Waals surface area contributed by atoms with Crippen LogP contribution in [0.5, 0.6) is 11.5 Å². The van der Waals surface area contributed by atoms with E-state index in [0.717, 1.165) is 111 Å². The molecule has 3 fully saturated rings. The molecule has 364 valence electrons. The normalized spacial score (nSPS) is 25.9. The number of aromatic nitrogens is 3. The molecule has 0 bridgehead atoms. The van der Waals surface area contributed by atoms with Crippen LogP contribution in [0.15, 0.2) is 101 Å². The van der Waals surface area contributed by atoms with Gasteiger partial charge < -0.3 is 14.2 Å². The van der Waals surface area contributed by atoms with Crippen molar-refractivity contribution < 1.29 is 23.8 Å². The van der Waals surface area contributed by atoms with Crippen molar-refractivity contribution in [1.29, 1.82) is 0 Å². The first kappa shape index (κ1) is 49.3. The number of ketones is 1. The highest BCUT2D eigenvalue weighted by Crippen LogP contribution is 2.67. The molecule has 10 heteroatoms. The number of azo groups is 1. The number of aryl methyl sites for hydroxylation is 1. The van der Waals surface area contributed by atoms with Crippen molar-refractivity contribution in [1.82, 2.24) is 15.0 Å². The summed E-state index contributed by atoms with van der Waals surface area (Å²) in [7, 11) is 0. The van der Waals surface area contributed by atoms with Crippen LogP contribution in [0.25, 0.3) is 0 Å². The van der Waals surface area contributed by atoms with Gasteiger partial charge in [-0.25, -0.2) is 4.79 Å². The maximum atomic E-state index is 13.4. The highest BCUT2D eigenvalue weighted by atomic mass is 16.5. The maximum absolute atomic E-state index is 13.4. The Morgan fingerprint density at radius 1 is 0.750 bits per heavy atom. The van der Waals surface area contributed by atoms with Crippen LogP contribution in [0.4, 0.5) is 11.4 Å². The summed E-state index contributed by atoms with van der Waals surface area (Å²) >= 11 is 0. The maximum Gasteiger partial charge on any atom is 0.338 e. The van der Waals surface area contributed by atoms with Gasteiger partial charge in [0.25, 0.3) is 0 Å². The second-order valence-corrected chi connectivity index (χ2v) is 21.8. The standard InChI is InChI=1S/C58H77N5O5/c1-40(2)13-12-14-41(3)53-29-30-54-52-28-19-45-37-51(31-33-57(45,5)55(52)32-34-58(53,54)6)68-56(65)44-17-24-50(25-18-44)67-39-48-38-63(62-61-48)35-10-8-7-9-11-36-66-49-26-22-47(23-27-49)60-59-46-20-15-43(16-21-46)42(4)64/h15-27,38,40-41,51-55H,7-14,28-37,39H2,1-6H3/t41-,51?,52+,53-,54+,55+,57+,58-/m1/s1. The number of ether oxygens (including phenoxy) is 3. The van der Waals surface area contributed by atoms with Gasteiger partial charge in [-0.15, -0.1) is 5.10 Å². The van der Waals surface area contributed by atoms with E-state index in [1.807, 2.05) is 59.4 Å². The Hall–Kier alpha value is -5.12. The van der Waals surface area contributed by atoms with E-state index in [1.54, 1.807) is 36.8 Å². The largest absolute Gasteiger partial charge is 0.494 e. The summed E-state index contributed by atoms with van der Waals surface area (Å²) in [6.45, 7) is 15.9. The second kappa shape index (κ2) is 22.5.